The highest BCUT2D eigenvalue weighted by Gasteiger charge is 2.46. The number of alkyl halides is 1. The van der Waals surface area contributed by atoms with Gasteiger partial charge < -0.3 is 10.6 Å². The second-order valence-electron chi connectivity index (χ2n) is 10.9. The van der Waals surface area contributed by atoms with Crippen molar-refractivity contribution in [1.82, 2.24) is 20.4 Å². The average Bonchev–Trinajstić information content (AvgIpc) is 3.18. The topological polar surface area (TPSA) is 47.6 Å². The Morgan fingerprint density at radius 3 is 2.60 bits per heavy atom. The quantitative estimate of drug-likeness (QED) is 0.731. The first-order valence-electron chi connectivity index (χ1n) is 12.5. The van der Waals surface area contributed by atoms with E-state index in [9.17, 15) is 9.18 Å². The summed E-state index contributed by atoms with van der Waals surface area (Å²) in [6.07, 6.45) is 6.05. The number of carbonyl (C=O) groups is 1. The summed E-state index contributed by atoms with van der Waals surface area (Å²) in [5.74, 6) is 0.582. The summed E-state index contributed by atoms with van der Waals surface area (Å²) in [6.45, 7) is 12.5. The molecule has 1 amide bonds. The summed E-state index contributed by atoms with van der Waals surface area (Å²) < 4.78 is 14.4. The fraction of sp³-hybridized carbons (Fsp3) is 0.958. The van der Waals surface area contributed by atoms with Crippen LogP contribution in [0.15, 0.2) is 0 Å². The van der Waals surface area contributed by atoms with Gasteiger partial charge in [0.15, 0.2) is 0 Å². The van der Waals surface area contributed by atoms with Crippen molar-refractivity contribution in [2.45, 2.75) is 115 Å². The van der Waals surface area contributed by atoms with Gasteiger partial charge in [-0.3, -0.25) is 14.6 Å². The summed E-state index contributed by atoms with van der Waals surface area (Å²) in [7, 11) is 0. The summed E-state index contributed by atoms with van der Waals surface area (Å²) in [5, 5.41) is 6.84. The first-order chi connectivity index (χ1) is 14.3. The molecule has 0 aromatic rings. The molecule has 0 bridgehead atoms. The Bertz CT molecular complexity index is 584. The Hall–Kier alpha value is -0.720. The number of carbonyl (C=O) groups excluding carboxylic acids is 1. The molecular formula is C24H43FN4O. The number of nitrogens with one attached hydrogen (secondary N) is 2. The molecule has 30 heavy (non-hydrogen) atoms. The minimum absolute atomic E-state index is 0.0155. The van der Waals surface area contributed by atoms with Crippen LogP contribution in [0.5, 0.6) is 0 Å². The molecule has 5 nitrogen and oxygen atoms in total. The number of hydrogen-bond acceptors (Lipinski definition) is 4. The molecule has 0 aromatic heterocycles. The number of hydrogen-bond donors (Lipinski definition) is 2. The zero-order chi connectivity index (χ0) is 21.4. The van der Waals surface area contributed by atoms with Crippen LogP contribution in [0.4, 0.5) is 4.39 Å². The van der Waals surface area contributed by atoms with Crippen molar-refractivity contribution in [3.63, 3.8) is 0 Å². The Labute approximate surface area is 182 Å². The third-order valence-electron chi connectivity index (χ3n) is 8.56. The van der Waals surface area contributed by atoms with Gasteiger partial charge in [0, 0.05) is 55.8 Å². The van der Waals surface area contributed by atoms with Crippen molar-refractivity contribution in [2.24, 2.45) is 11.8 Å². The van der Waals surface area contributed by atoms with Gasteiger partial charge in [-0.05, 0) is 71.6 Å². The summed E-state index contributed by atoms with van der Waals surface area (Å²) in [6, 6.07) is 1.97. The molecule has 2 aliphatic heterocycles. The predicted molar refractivity (Wildman–Crippen MR) is 119 cm³/mol. The molecule has 4 fully saturated rings. The van der Waals surface area contributed by atoms with Gasteiger partial charge in [0.25, 0.3) is 0 Å². The lowest BCUT2D eigenvalue weighted by atomic mass is 9.77. The van der Waals surface area contributed by atoms with E-state index in [1.807, 2.05) is 0 Å². The van der Waals surface area contributed by atoms with Crippen LogP contribution in [0.3, 0.4) is 0 Å². The molecule has 172 valence electrons. The summed E-state index contributed by atoms with van der Waals surface area (Å²) in [4.78, 5) is 18.3. The van der Waals surface area contributed by atoms with E-state index in [-0.39, 0.29) is 30.0 Å². The lowest BCUT2D eigenvalue weighted by molar-refractivity contribution is -0.124. The van der Waals surface area contributed by atoms with Crippen LogP contribution >= 0.6 is 0 Å². The van der Waals surface area contributed by atoms with Gasteiger partial charge in [-0.25, -0.2) is 4.39 Å². The zero-order valence-corrected chi connectivity index (χ0v) is 19.4. The van der Waals surface area contributed by atoms with E-state index in [2.05, 4.69) is 48.1 Å². The third kappa shape index (κ3) is 4.71. The molecule has 2 aliphatic carbocycles. The third-order valence-corrected chi connectivity index (χ3v) is 8.56. The molecule has 0 spiro atoms. The molecule has 8 atom stereocenters. The molecule has 4 aliphatic rings. The van der Waals surface area contributed by atoms with Crippen molar-refractivity contribution in [2.75, 3.05) is 19.6 Å². The van der Waals surface area contributed by atoms with Gasteiger partial charge in [-0.1, -0.05) is 6.92 Å². The van der Waals surface area contributed by atoms with Gasteiger partial charge in [-0.2, -0.15) is 0 Å². The number of rotatable bonds is 4. The van der Waals surface area contributed by atoms with E-state index in [1.54, 1.807) is 0 Å². The SMILES string of the molecule is CC1CCC(F)C2CC(C(=O)NC3CCCC(N4CCN(C(C)C)CC4C)C3)NC12. The first kappa shape index (κ1) is 22.5. The number of piperazine rings is 1. The number of nitrogens with zero attached hydrogens (tertiary/aromatic N) is 2. The molecule has 2 saturated heterocycles. The Morgan fingerprint density at radius 1 is 1.10 bits per heavy atom. The van der Waals surface area contributed by atoms with Gasteiger partial charge in [-0.15, -0.1) is 0 Å². The zero-order valence-electron chi connectivity index (χ0n) is 19.4. The van der Waals surface area contributed by atoms with Crippen molar-refractivity contribution in [3.8, 4) is 0 Å². The minimum Gasteiger partial charge on any atom is -0.352 e. The largest absolute Gasteiger partial charge is 0.352 e. The maximum Gasteiger partial charge on any atom is 0.237 e. The molecule has 2 saturated carbocycles. The van der Waals surface area contributed by atoms with E-state index in [0.29, 0.717) is 36.9 Å². The van der Waals surface area contributed by atoms with Crippen LogP contribution in [-0.2, 0) is 4.79 Å². The van der Waals surface area contributed by atoms with Crippen LogP contribution in [0.2, 0.25) is 0 Å². The first-order valence-corrected chi connectivity index (χ1v) is 12.5. The van der Waals surface area contributed by atoms with Crippen LogP contribution < -0.4 is 10.6 Å². The lowest BCUT2D eigenvalue weighted by Crippen LogP contribution is -2.58. The maximum atomic E-state index is 14.4. The highest BCUT2D eigenvalue weighted by atomic mass is 19.1. The Morgan fingerprint density at radius 2 is 1.90 bits per heavy atom. The molecule has 0 radical (unpaired) electrons. The molecule has 8 unspecified atom stereocenters. The Balaban J connectivity index is 1.30. The Kier molecular flexibility index (Phi) is 7.05. The molecular weight excluding hydrogens is 379 g/mol. The summed E-state index contributed by atoms with van der Waals surface area (Å²) in [5.41, 5.74) is 0. The molecule has 6 heteroatoms. The van der Waals surface area contributed by atoms with Crippen LogP contribution in [0, 0.1) is 11.8 Å². The van der Waals surface area contributed by atoms with Crippen LogP contribution in [-0.4, -0.2) is 77.8 Å². The van der Waals surface area contributed by atoms with Gasteiger partial charge >= 0.3 is 0 Å². The molecule has 0 aromatic carbocycles. The second-order valence-corrected chi connectivity index (χ2v) is 10.9. The predicted octanol–water partition coefficient (Wildman–Crippen LogP) is 2.94. The van der Waals surface area contributed by atoms with E-state index in [0.717, 1.165) is 38.9 Å². The van der Waals surface area contributed by atoms with Crippen molar-refractivity contribution in [3.05, 3.63) is 0 Å². The lowest BCUT2D eigenvalue weighted by Gasteiger charge is -2.47. The van der Waals surface area contributed by atoms with Crippen molar-refractivity contribution >= 4 is 5.91 Å². The van der Waals surface area contributed by atoms with E-state index >= 15 is 0 Å². The molecule has 2 heterocycles. The number of amides is 1. The second kappa shape index (κ2) is 9.41. The number of halogens is 1. The van der Waals surface area contributed by atoms with Crippen molar-refractivity contribution in [1.29, 1.82) is 0 Å². The fourth-order valence-electron chi connectivity index (χ4n) is 6.71. The van der Waals surface area contributed by atoms with Crippen molar-refractivity contribution < 1.29 is 9.18 Å². The van der Waals surface area contributed by atoms with E-state index in [4.69, 9.17) is 0 Å². The van der Waals surface area contributed by atoms with Gasteiger partial charge in [0.1, 0.15) is 6.17 Å². The van der Waals surface area contributed by atoms with Crippen LogP contribution in [0.1, 0.15) is 72.6 Å². The monoisotopic (exact) mass is 422 g/mol. The normalized spacial score (nSPS) is 43.5. The maximum absolute atomic E-state index is 14.4. The van der Waals surface area contributed by atoms with E-state index in [1.165, 1.54) is 12.8 Å². The highest BCUT2D eigenvalue weighted by Crippen LogP contribution is 2.38. The molecule has 4 rings (SSSR count). The van der Waals surface area contributed by atoms with Gasteiger partial charge in [0.05, 0.1) is 6.04 Å². The van der Waals surface area contributed by atoms with Crippen LogP contribution in [0.25, 0.3) is 0 Å². The minimum atomic E-state index is -0.749. The molecule has 2 N–H and O–H groups in total. The average molecular weight is 423 g/mol. The highest BCUT2D eigenvalue weighted by molar-refractivity contribution is 5.82. The summed E-state index contributed by atoms with van der Waals surface area (Å²) >= 11 is 0. The number of fused-ring (bicyclic) bond motifs is 1. The van der Waals surface area contributed by atoms with E-state index < -0.39 is 6.17 Å². The smallest absolute Gasteiger partial charge is 0.237 e. The standard InChI is InChI=1S/C24H43FN4O/c1-15(2)28-10-11-29(17(4)14-28)19-7-5-6-18(12-19)26-24(30)22-13-20-21(25)9-8-16(3)23(20)27-22/h15-23,27H,5-14H2,1-4H3,(H,26,30). The fourth-order valence-corrected chi connectivity index (χ4v) is 6.71. The van der Waals surface area contributed by atoms with Gasteiger partial charge in [0.2, 0.25) is 5.91 Å².